The van der Waals surface area contributed by atoms with Gasteiger partial charge in [0, 0.05) is 22.6 Å². The van der Waals surface area contributed by atoms with Crippen LogP contribution in [0.1, 0.15) is 25.9 Å². The van der Waals surface area contributed by atoms with Crippen LogP contribution < -0.4 is 5.32 Å². The molecule has 104 valence electrons. The first-order chi connectivity index (χ1) is 9.47. The highest BCUT2D eigenvalue weighted by Gasteiger charge is 2.12. The predicted molar refractivity (Wildman–Crippen MR) is 75.9 cm³/mol. The average Bonchev–Trinajstić information content (AvgIpc) is 2.74. The van der Waals surface area contributed by atoms with Crippen molar-refractivity contribution in [2.45, 2.75) is 20.4 Å². The summed E-state index contributed by atoms with van der Waals surface area (Å²) in [6.07, 6.45) is 0. The number of thiazole rings is 1. The summed E-state index contributed by atoms with van der Waals surface area (Å²) >= 11 is 1.53. The lowest BCUT2D eigenvalue weighted by atomic mass is 10.2. The van der Waals surface area contributed by atoms with E-state index in [9.17, 15) is 14.9 Å². The van der Waals surface area contributed by atoms with E-state index in [1.807, 2.05) is 13.8 Å². The van der Waals surface area contributed by atoms with E-state index in [1.54, 1.807) is 6.07 Å². The molecule has 1 heterocycles. The van der Waals surface area contributed by atoms with Crippen LogP contribution in [0.5, 0.6) is 0 Å². The van der Waals surface area contributed by atoms with Crippen molar-refractivity contribution in [3.63, 3.8) is 0 Å². The first-order valence-electron chi connectivity index (χ1n) is 5.93. The maximum absolute atomic E-state index is 12.0. The van der Waals surface area contributed by atoms with E-state index in [4.69, 9.17) is 0 Å². The van der Waals surface area contributed by atoms with Crippen molar-refractivity contribution in [3.8, 4) is 0 Å². The number of nitrogens with zero attached hydrogens (tertiary/aromatic N) is 2. The quantitative estimate of drug-likeness (QED) is 0.693. The minimum absolute atomic E-state index is 0.0949. The van der Waals surface area contributed by atoms with E-state index in [-0.39, 0.29) is 17.2 Å². The monoisotopic (exact) mass is 291 g/mol. The Hall–Kier alpha value is -2.28. The van der Waals surface area contributed by atoms with Crippen molar-refractivity contribution < 1.29 is 9.72 Å². The average molecular weight is 291 g/mol. The van der Waals surface area contributed by atoms with Crippen molar-refractivity contribution in [1.82, 2.24) is 10.3 Å². The Morgan fingerprint density at radius 2 is 2.20 bits per heavy atom. The fourth-order valence-corrected chi connectivity index (χ4v) is 2.64. The third kappa shape index (κ3) is 3.18. The zero-order valence-electron chi connectivity index (χ0n) is 11.0. The smallest absolute Gasteiger partial charge is 0.270 e. The standard InChI is InChI=1S/C13H13N3O3S/c1-8-12(20-9(2)15-8)7-14-13(17)10-4-3-5-11(6-10)16(18)19/h3-6H,7H2,1-2H3,(H,14,17). The Labute approximate surface area is 119 Å². The molecule has 0 bridgehead atoms. The molecule has 7 heteroatoms. The first-order valence-corrected chi connectivity index (χ1v) is 6.74. The van der Waals surface area contributed by atoms with Crippen LogP contribution in [0.15, 0.2) is 24.3 Å². The van der Waals surface area contributed by atoms with Gasteiger partial charge in [0.15, 0.2) is 0 Å². The summed E-state index contributed by atoms with van der Waals surface area (Å²) in [5.41, 5.74) is 1.08. The molecule has 1 N–H and O–H groups in total. The molecule has 0 atom stereocenters. The fourth-order valence-electron chi connectivity index (χ4n) is 1.76. The van der Waals surface area contributed by atoms with Gasteiger partial charge < -0.3 is 5.32 Å². The van der Waals surface area contributed by atoms with Gasteiger partial charge in [-0.3, -0.25) is 14.9 Å². The van der Waals surface area contributed by atoms with Crippen LogP contribution in [0.2, 0.25) is 0 Å². The molecule has 2 aromatic rings. The topological polar surface area (TPSA) is 85.1 Å². The van der Waals surface area contributed by atoms with Crippen LogP contribution in [-0.2, 0) is 6.54 Å². The van der Waals surface area contributed by atoms with Crippen LogP contribution >= 0.6 is 11.3 Å². The van der Waals surface area contributed by atoms with E-state index in [0.29, 0.717) is 6.54 Å². The molecule has 0 aliphatic rings. The largest absolute Gasteiger partial charge is 0.347 e. The Balaban J connectivity index is 2.07. The SMILES string of the molecule is Cc1nc(C)c(CNC(=O)c2cccc([N+](=O)[O-])c2)s1. The maximum atomic E-state index is 12.0. The maximum Gasteiger partial charge on any atom is 0.270 e. The van der Waals surface area contributed by atoms with Crippen LogP contribution in [-0.4, -0.2) is 15.8 Å². The summed E-state index contributed by atoms with van der Waals surface area (Å²) in [5, 5.41) is 14.4. The van der Waals surface area contributed by atoms with Crippen LogP contribution in [0.3, 0.4) is 0 Å². The minimum atomic E-state index is -0.520. The second-order valence-electron chi connectivity index (χ2n) is 4.23. The molecule has 0 spiro atoms. The molecule has 1 aromatic heterocycles. The van der Waals surface area contributed by atoms with E-state index in [1.165, 1.54) is 29.5 Å². The van der Waals surface area contributed by atoms with Gasteiger partial charge in [0.25, 0.3) is 11.6 Å². The zero-order valence-corrected chi connectivity index (χ0v) is 11.9. The summed E-state index contributed by atoms with van der Waals surface area (Å²) in [4.78, 5) is 27.4. The van der Waals surface area contributed by atoms with Crippen molar-refractivity contribution in [2.24, 2.45) is 0 Å². The Kier molecular flexibility index (Phi) is 4.09. The van der Waals surface area contributed by atoms with Gasteiger partial charge in [0.05, 0.1) is 22.2 Å². The lowest BCUT2D eigenvalue weighted by molar-refractivity contribution is -0.384. The molecule has 0 radical (unpaired) electrons. The second-order valence-corrected chi connectivity index (χ2v) is 5.52. The molecule has 1 amide bonds. The number of amides is 1. The van der Waals surface area contributed by atoms with Gasteiger partial charge in [-0.25, -0.2) is 4.98 Å². The van der Waals surface area contributed by atoms with Crippen molar-refractivity contribution in [1.29, 1.82) is 0 Å². The number of nitrogens with one attached hydrogen (secondary N) is 1. The van der Waals surface area contributed by atoms with E-state index in [2.05, 4.69) is 10.3 Å². The zero-order chi connectivity index (χ0) is 14.7. The molecular formula is C13H13N3O3S. The number of non-ortho nitro benzene ring substituents is 1. The van der Waals surface area contributed by atoms with Gasteiger partial charge in [-0.05, 0) is 19.9 Å². The number of aromatic nitrogens is 1. The summed E-state index contributed by atoms with van der Waals surface area (Å²) in [5.74, 6) is -0.334. The molecule has 0 saturated carbocycles. The summed E-state index contributed by atoms with van der Waals surface area (Å²) in [7, 11) is 0. The number of benzene rings is 1. The summed E-state index contributed by atoms with van der Waals surface area (Å²) < 4.78 is 0. The first kappa shape index (κ1) is 14.1. The number of carbonyl (C=O) groups is 1. The molecule has 0 saturated heterocycles. The minimum Gasteiger partial charge on any atom is -0.347 e. The number of rotatable bonds is 4. The third-order valence-corrected chi connectivity index (χ3v) is 3.80. The normalized spacial score (nSPS) is 10.3. The van der Waals surface area contributed by atoms with E-state index in [0.717, 1.165) is 15.6 Å². The number of hydrogen-bond acceptors (Lipinski definition) is 5. The van der Waals surface area contributed by atoms with Crippen LogP contribution in [0.4, 0.5) is 5.69 Å². The predicted octanol–water partition coefficient (Wildman–Crippen LogP) is 2.60. The molecular weight excluding hydrogens is 278 g/mol. The second kappa shape index (κ2) is 5.79. The number of carbonyl (C=O) groups excluding carboxylic acids is 1. The molecule has 20 heavy (non-hydrogen) atoms. The van der Waals surface area contributed by atoms with Gasteiger partial charge >= 0.3 is 0 Å². The van der Waals surface area contributed by atoms with Crippen molar-refractivity contribution >= 4 is 22.9 Å². The summed E-state index contributed by atoms with van der Waals surface area (Å²) in [6.45, 7) is 4.17. The number of aryl methyl sites for hydroxylation is 2. The Bertz CT molecular complexity index is 667. The third-order valence-electron chi connectivity index (χ3n) is 2.73. The fraction of sp³-hybridized carbons (Fsp3) is 0.231. The van der Waals surface area contributed by atoms with E-state index >= 15 is 0 Å². The van der Waals surface area contributed by atoms with E-state index < -0.39 is 4.92 Å². The van der Waals surface area contributed by atoms with Crippen LogP contribution in [0.25, 0.3) is 0 Å². The molecule has 0 unspecified atom stereocenters. The van der Waals surface area contributed by atoms with Gasteiger partial charge in [-0.15, -0.1) is 11.3 Å². The summed E-state index contributed by atoms with van der Waals surface area (Å²) in [6, 6.07) is 5.66. The molecule has 0 aliphatic carbocycles. The van der Waals surface area contributed by atoms with Gasteiger partial charge in [-0.1, -0.05) is 6.07 Å². The Morgan fingerprint density at radius 3 is 2.80 bits per heavy atom. The lowest BCUT2D eigenvalue weighted by Gasteiger charge is -2.04. The van der Waals surface area contributed by atoms with Crippen molar-refractivity contribution in [2.75, 3.05) is 0 Å². The molecule has 0 aliphatic heterocycles. The Morgan fingerprint density at radius 1 is 1.45 bits per heavy atom. The number of hydrogen-bond donors (Lipinski definition) is 1. The number of nitro groups is 1. The molecule has 0 fully saturated rings. The highest BCUT2D eigenvalue weighted by Crippen LogP contribution is 2.17. The molecule has 1 aromatic carbocycles. The lowest BCUT2D eigenvalue weighted by Crippen LogP contribution is -2.22. The van der Waals surface area contributed by atoms with Crippen LogP contribution in [0, 0.1) is 24.0 Å². The highest BCUT2D eigenvalue weighted by atomic mass is 32.1. The van der Waals surface area contributed by atoms with Gasteiger partial charge in [0.2, 0.25) is 0 Å². The van der Waals surface area contributed by atoms with Gasteiger partial charge in [0.1, 0.15) is 0 Å². The molecule has 6 nitrogen and oxygen atoms in total. The van der Waals surface area contributed by atoms with Crippen molar-refractivity contribution in [3.05, 3.63) is 55.5 Å². The molecule has 2 rings (SSSR count). The van der Waals surface area contributed by atoms with Gasteiger partial charge in [-0.2, -0.15) is 0 Å². The number of nitro benzene ring substituents is 1. The highest BCUT2D eigenvalue weighted by molar-refractivity contribution is 7.11.